The summed E-state index contributed by atoms with van der Waals surface area (Å²) in [5.41, 5.74) is 5.68. The first-order chi connectivity index (χ1) is 23.3. The van der Waals surface area contributed by atoms with Crippen molar-refractivity contribution in [3.8, 4) is 0 Å². The Hall–Kier alpha value is -3.80. The van der Waals surface area contributed by atoms with Crippen LogP contribution in [0.5, 0.6) is 0 Å². The molecule has 2 saturated carbocycles. The van der Waals surface area contributed by atoms with E-state index in [-0.39, 0.29) is 29.8 Å². The summed E-state index contributed by atoms with van der Waals surface area (Å²) in [6.07, 6.45) is 13.8. The number of amides is 5. The maximum atomic E-state index is 12.2. The number of nitrogens with one attached hydrogen (secondary N) is 4. The smallest absolute Gasteiger partial charge is 0.315 e. The van der Waals surface area contributed by atoms with Crippen LogP contribution in [-0.4, -0.2) is 79.0 Å². The standard InChI is InChI=1S/C16H23N3O3.C14H23N3O3.C5H10.C2H6/c1-16(2,3)13(11-20)19-15(22)18-10-14(21)17-9-12-7-5-4-6-8-12;1-17-7-3-6-11(17)14(20)16-10(12(18)13(15)19)8-9-4-2-5-9;1-2-4-5-3-1;1-2/h4-8,11,13H,9-10H2,1-3H3,(H,17,21)(H2,18,19,22);9-11H,2-8H2,1H3,(H2,15,19)(H,16,20);1-5H2;1-2H3. The molecule has 12 nitrogen and oxygen atoms in total. The van der Waals surface area contributed by atoms with Gasteiger partial charge in [-0.3, -0.25) is 24.1 Å². The molecule has 0 bridgehead atoms. The van der Waals surface area contributed by atoms with Gasteiger partial charge >= 0.3 is 6.03 Å². The van der Waals surface area contributed by atoms with E-state index >= 15 is 0 Å². The van der Waals surface area contributed by atoms with Gasteiger partial charge in [-0.25, -0.2) is 4.79 Å². The number of benzene rings is 1. The number of carbonyl (C=O) groups is 6. The molecule has 4 rings (SSSR count). The molecule has 276 valence electrons. The number of hydrogen-bond donors (Lipinski definition) is 5. The second-order valence-corrected chi connectivity index (χ2v) is 13.8. The van der Waals surface area contributed by atoms with Crippen LogP contribution in [0.2, 0.25) is 0 Å². The highest BCUT2D eigenvalue weighted by Gasteiger charge is 2.34. The molecule has 0 aromatic heterocycles. The predicted octanol–water partition coefficient (Wildman–Crippen LogP) is 4.00. The molecular formula is C37H62N6O6. The third kappa shape index (κ3) is 17.4. The van der Waals surface area contributed by atoms with Crippen LogP contribution in [0.15, 0.2) is 30.3 Å². The van der Waals surface area contributed by atoms with E-state index in [0.717, 1.165) is 44.2 Å². The Balaban J connectivity index is 0.000000410. The van der Waals surface area contributed by atoms with E-state index in [4.69, 9.17) is 5.73 Å². The zero-order valence-electron chi connectivity index (χ0n) is 30.6. The van der Waals surface area contributed by atoms with Crippen LogP contribution < -0.4 is 27.0 Å². The Labute approximate surface area is 293 Å². The molecule has 1 aromatic rings. The van der Waals surface area contributed by atoms with Gasteiger partial charge in [0.15, 0.2) is 0 Å². The Morgan fingerprint density at radius 1 is 0.878 bits per heavy atom. The number of hydrogen-bond acceptors (Lipinski definition) is 7. The SMILES string of the molecule is C1CCCC1.CC.CC(C)(C)C(C=O)NC(=O)NCC(=O)NCc1ccccc1.CN1CCCC1C(=O)NC(CC1CCC1)C(=O)C(N)=O. The summed E-state index contributed by atoms with van der Waals surface area (Å²) < 4.78 is 0. The minimum absolute atomic E-state index is 0.144. The third-order valence-electron chi connectivity index (χ3n) is 8.84. The van der Waals surface area contributed by atoms with Crippen LogP contribution in [0.3, 0.4) is 0 Å². The van der Waals surface area contributed by atoms with E-state index < -0.39 is 29.8 Å². The zero-order chi connectivity index (χ0) is 36.8. The van der Waals surface area contributed by atoms with Crippen LogP contribution >= 0.6 is 0 Å². The highest BCUT2D eigenvalue weighted by Crippen LogP contribution is 2.30. The first-order valence-electron chi connectivity index (χ1n) is 18.0. The molecule has 12 heteroatoms. The maximum absolute atomic E-state index is 12.2. The first kappa shape index (κ1) is 43.2. The number of aldehydes is 1. The van der Waals surface area contributed by atoms with Crippen LogP contribution in [0.1, 0.15) is 111 Å². The number of nitrogens with zero attached hydrogens (tertiary/aromatic N) is 1. The van der Waals surface area contributed by atoms with Gasteiger partial charge in [0.1, 0.15) is 6.29 Å². The second kappa shape index (κ2) is 23.5. The number of carbonyl (C=O) groups excluding carboxylic acids is 6. The molecule has 5 amide bonds. The van der Waals surface area contributed by atoms with Crippen molar-refractivity contribution < 1.29 is 28.8 Å². The van der Waals surface area contributed by atoms with Crippen molar-refractivity contribution in [2.45, 2.75) is 130 Å². The van der Waals surface area contributed by atoms with Gasteiger partial charge in [-0.15, -0.1) is 0 Å². The average Bonchev–Trinajstić information content (AvgIpc) is 3.79. The minimum atomic E-state index is -0.964. The Morgan fingerprint density at radius 3 is 1.92 bits per heavy atom. The zero-order valence-corrected chi connectivity index (χ0v) is 30.6. The molecule has 3 atom stereocenters. The molecule has 0 spiro atoms. The maximum Gasteiger partial charge on any atom is 0.315 e. The van der Waals surface area contributed by atoms with Gasteiger partial charge in [-0.05, 0) is 49.8 Å². The molecule has 2 aliphatic carbocycles. The summed E-state index contributed by atoms with van der Waals surface area (Å²) in [5.74, 6) is -1.67. The van der Waals surface area contributed by atoms with E-state index in [1.807, 2.05) is 76.9 Å². The Morgan fingerprint density at radius 2 is 1.47 bits per heavy atom. The number of likely N-dealkylation sites (N-methyl/N-ethyl adjacent to an activating group) is 1. The largest absolute Gasteiger partial charge is 0.363 e. The van der Waals surface area contributed by atoms with Crippen molar-refractivity contribution in [1.82, 2.24) is 26.2 Å². The molecule has 1 aromatic carbocycles. The monoisotopic (exact) mass is 686 g/mol. The molecule has 3 fully saturated rings. The summed E-state index contributed by atoms with van der Waals surface area (Å²) in [6.45, 7) is 10.7. The second-order valence-electron chi connectivity index (χ2n) is 13.8. The summed E-state index contributed by atoms with van der Waals surface area (Å²) in [4.78, 5) is 71.4. The summed E-state index contributed by atoms with van der Waals surface area (Å²) >= 11 is 0. The molecular weight excluding hydrogens is 624 g/mol. The first-order valence-corrected chi connectivity index (χ1v) is 18.0. The van der Waals surface area contributed by atoms with Crippen molar-refractivity contribution in [2.24, 2.45) is 17.1 Å². The molecule has 3 unspecified atom stereocenters. The highest BCUT2D eigenvalue weighted by atomic mass is 16.2. The predicted molar refractivity (Wildman–Crippen MR) is 192 cm³/mol. The molecule has 1 saturated heterocycles. The molecule has 1 heterocycles. The number of rotatable bonds is 12. The average molecular weight is 687 g/mol. The van der Waals surface area contributed by atoms with Crippen molar-refractivity contribution >= 4 is 35.8 Å². The van der Waals surface area contributed by atoms with Crippen LogP contribution in [-0.2, 0) is 30.5 Å². The van der Waals surface area contributed by atoms with Crippen molar-refractivity contribution in [3.63, 3.8) is 0 Å². The van der Waals surface area contributed by atoms with Gasteiger partial charge in [0, 0.05) is 6.54 Å². The van der Waals surface area contributed by atoms with Crippen molar-refractivity contribution in [3.05, 3.63) is 35.9 Å². The van der Waals surface area contributed by atoms with E-state index in [1.165, 1.54) is 32.1 Å². The number of likely N-dealkylation sites (tertiary alicyclic amines) is 1. The molecule has 3 aliphatic rings. The number of urea groups is 1. The fraction of sp³-hybridized carbons (Fsp3) is 0.676. The van der Waals surface area contributed by atoms with Gasteiger partial charge in [0.05, 0.1) is 24.7 Å². The normalized spacial score (nSPS) is 18.2. The molecule has 1 aliphatic heterocycles. The fourth-order valence-corrected chi connectivity index (χ4v) is 5.52. The summed E-state index contributed by atoms with van der Waals surface area (Å²) in [5, 5.41) is 10.4. The Kier molecular flexibility index (Phi) is 20.8. The van der Waals surface area contributed by atoms with E-state index in [0.29, 0.717) is 25.2 Å². The summed E-state index contributed by atoms with van der Waals surface area (Å²) in [7, 11) is 1.90. The lowest BCUT2D eigenvalue weighted by molar-refractivity contribution is -0.139. The van der Waals surface area contributed by atoms with E-state index in [2.05, 4.69) is 21.3 Å². The van der Waals surface area contributed by atoms with Crippen LogP contribution in [0.25, 0.3) is 0 Å². The molecule has 6 N–H and O–H groups in total. The lowest BCUT2D eigenvalue weighted by Gasteiger charge is -2.30. The molecule has 0 radical (unpaired) electrons. The quantitative estimate of drug-likeness (QED) is 0.163. The van der Waals surface area contributed by atoms with Crippen molar-refractivity contribution in [2.75, 3.05) is 20.1 Å². The van der Waals surface area contributed by atoms with Crippen LogP contribution in [0, 0.1) is 11.3 Å². The lowest BCUT2D eigenvalue weighted by Crippen LogP contribution is -2.52. The number of Topliss-reactive ketones (excluding diaryl/α,β-unsaturated/α-hetero) is 1. The highest BCUT2D eigenvalue weighted by molar-refractivity contribution is 6.37. The molecule has 49 heavy (non-hydrogen) atoms. The van der Waals surface area contributed by atoms with Gasteiger partial charge < -0.3 is 31.8 Å². The van der Waals surface area contributed by atoms with Gasteiger partial charge in [-0.2, -0.15) is 0 Å². The van der Waals surface area contributed by atoms with E-state index in [9.17, 15) is 28.8 Å². The van der Waals surface area contributed by atoms with Crippen LogP contribution in [0.4, 0.5) is 4.79 Å². The van der Waals surface area contributed by atoms with Gasteiger partial charge in [-0.1, -0.05) is 116 Å². The number of primary amides is 1. The Bertz CT molecular complexity index is 1160. The fourth-order valence-electron chi connectivity index (χ4n) is 5.52. The van der Waals surface area contributed by atoms with Crippen molar-refractivity contribution in [1.29, 1.82) is 0 Å². The minimum Gasteiger partial charge on any atom is -0.363 e. The van der Waals surface area contributed by atoms with Gasteiger partial charge in [0.25, 0.3) is 5.91 Å². The van der Waals surface area contributed by atoms with Gasteiger partial charge in [0.2, 0.25) is 17.6 Å². The third-order valence-corrected chi connectivity index (χ3v) is 8.84. The topological polar surface area (TPSA) is 180 Å². The summed E-state index contributed by atoms with van der Waals surface area (Å²) in [6, 6.07) is 7.38. The number of nitrogens with two attached hydrogens (primary N) is 1. The lowest BCUT2D eigenvalue weighted by atomic mass is 9.80. The van der Waals surface area contributed by atoms with E-state index in [1.54, 1.807) is 0 Å². The number of ketones is 1.